The molecule has 0 atom stereocenters. The number of hydrogen-bond acceptors (Lipinski definition) is 7. The van der Waals surface area contributed by atoms with Gasteiger partial charge in [-0.15, -0.1) is 10.2 Å². The molecule has 0 aliphatic carbocycles. The Morgan fingerprint density at radius 2 is 1.73 bits per heavy atom. The number of hydrogen-bond donors (Lipinski definition) is 1. The van der Waals surface area contributed by atoms with Gasteiger partial charge in [0.15, 0.2) is 9.84 Å². The van der Waals surface area contributed by atoms with Crippen LogP contribution in [-0.2, 0) is 9.84 Å². The van der Waals surface area contributed by atoms with E-state index in [9.17, 15) is 8.42 Å². The molecule has 0 unspecified atom stereocenters. The van der Waals surface area contributed by atoms with Crippen molar-refractivity contribution in [3.63, 3.8) is 0 Å². The molecule has 4 aromatic rings. The minimum Gasteiger partial charge on any atom is -0.224 e. The van der Waals surface area contributed by atoms with Gasteiger partial charge in [0.25, 0.3) is 0 Å². The zero-order valence-electron chi connectivity index (χ0n) is 13.6. The maximum atomic E-state index is 12.2. The Morgan fingerprint density at radius 3 is 2.35 bits per heavy atom. The molecule has 2 aromatic carbocycles. The van der Waals surface area contributed by atoms with E-state index in [4.69, 9.17) is 0 Å². The van der Waals surface area contributed by atoms with Crippen molar-refractivity contribution in [2.75, 3.05) is 6.26 Å². The van der Waals surface area contributed by atoms with Crippen LogP contribution in [0.25, 0.3) is 28.2 Å². The van der Waals surface area contributed by atoms with Crippen molar-refractivity contribution in [2.45, 2.75) is 4.90 Å². The number of aromatic nitrogens is 7. The molecule has 1 N–H and O–H groups in total. The second-order valence-electron chi connectivity index (χ2n) is 5.55. The average molecular weight is 367 g/mol. The smallest absolute Gasteiger partial charge is 0.206 e. The number of H-pyrrole nitrogens is 1. The maximum absolute atomic E-state index is 12.2. The number of aromatic amines is 1. The summed E-state index contributed by atoms with van der Waals surface area (Å²) in [5, 5.41) is 22.0. The van der Waals surface area contributed by atoms with Gasteiger partial charge in [0.05, 0.1) is 23.0 Å². The van der Waals surface area contributed by atoms with Crippen molar-refractivity contribution in [3.8, 4) is 28.2 Å². The normalized spacial score (nSPS) is 11.6. The Balaban J connectivity index is 1.89. The van der Waals surface area contributed by atoms with Crippen LogP contribution in [0.4, 0.5) is 0 Å². The lowest BCUT2D eigenvalue weighted by molar-refractivity contribution is 0.602. The molecule has 0 saturated carbocycles. The summed E-state index contributed by atoms with van der Waals surface area (Å²) in [6, 6.07) is 12.5. The van der Waals surface area contributed by atoms with Crippen molar-refractivity contribution in [2.24, 2.45) is 0 Å². The number of nitrogens with one attached hydrogen (secondary N) is 1. The van der Waals surface area contributed by atoms with Crippen LogP contribution in [0.3, 0.4) is 0 Å². The molecule has 0 spiro atoms. The van der Waals surface area contributed by atoms with Gasteiger partial charge in [0.2, 0.25) is 5.82 Å². The number of rotatable bonds is 4. The number of tetrazole rings is 1. The average Bonchev–Trinajstić information content (AvgIpc) is 3.34. The van der Waals surface area contributed by atoms with Crippen LogP contribution < -0.4 is 0 Å². The Bertz CT molecular complexity index is 1140. The predicted octanol–water partition coefficient (Wildman–Crippen LogP) is 1.52. The van der Waals surface area contributed by atoms with Crippen molar-refractivity contribution < 1.29 is 8.42 Å². The van der Waals surface area contributed by atoms with Gasteiger partial charge in [-0.3, -0.25) is 0 Å². The zero-order valence-corrected chi connectivity index (χ0v) is 14.4. The molecule has 10 heteroatoms. The highest BCUT2D eigenvalue weighted by molar-refractivity contribution is 7.90. The van der Waals surface area contributed by atoms with Crippen molar-refractivity contribution in [1.82, 2.24) is 35.6 Å². The SMILES string of the molecule is CS(=O)(=O)c1cccc(-c2ccc(-n3nccn3)cc2)c1-c1nn[nH]n1. The van der Waals surface area contributed by atoms with Gasteiger partial charge in [0.1, 0.15) is 0 Å². The van der Waals surface area contributed by atoms with Crippen LogP contribution in [-0.4, -0.2) is 50.3 Å². The van der Waals surface area contributed by atoms with E-state index in [1.165, 1.54) is 10.9 Å². The molecule has 0 amide bonds. The van der Waals surface area contributed by atoms with Gasteiger partial charge in [-0.1, -0.05) is 24.3 Å². The molecule has 26 heavy (non-hydrogen) atoms. The molecule has 0 aliphatic heterocycles. The molecule has 4 rings (SSSR count). The first-order chi connectivity index (χ1) is 12.5. The van der Waals surface area contributed by atoms with Crippen LogP contribution >= 0.6 is 0 Å². The minimum absolute atomic E-state index is 0.147. The second-order valence-corrected chi connectivity index (χ2v) is 7.54. The Labute approximate surface area is 148 Å². The van der Waals surface area contributed by atoms with E-state index in [0.717, 1.165) is 17.5 Å². The quantitative estimate of drug-likeness (QED) is 0.580. The highest BCUT2D eigenvalue weighted by Crippen LogP contribution is 2.35. The minimum atomic E-state index is -3.48. The first-order valence-corrected chi connectivity index (χ1v) is 9.47. The number of benzene rings is 2. The molecular formula is C16H13N7O2S. The van der Waals surface area contributed by atoms with Crippen LogP contribution in [0.5, 0.6) is 0 Å². The lowest BCUT2D eigenvalue weighted by Crippen LogP contribution is -2.03. The van der Waals surface area contributed by atoms with Crippen molar-refractivity contribution in [3.05, 3.63) is 54.9 Å². The Hall–Kier alpha value is -3.40. The lowest BCUT2D eigenvalue weighted by atomic mass is 9.99. The molecule has 0 bridgehead atoms. The maximum Gasteiger partial charge on any atom is 0.206 e. The highest BCUT2D eigenvalue weighted by Gasteiger charge is 2.21. The van der Waals surface area contributed by atoms with Gasteiger partial charge in [0, 0.05) is 11.8 Å². The summed E-state index contributed by atoms with van der Waals surface area (Å²) >= 11 is 0. The highest BCUT2D eigenvalue weighted by atomic mass is 32.2. The van der Waals surface area contributed by atoms with E-state index < -0.39 is 9.84 Å². The summed E-state index contributed by atoms with van der Waals surface area (Å²) < 4.78 is 24.5. The molecule has 0 saturated heterocycles. The standard InChI is InChI=1S/C16H13N7O2S/c1-26(24,25)14-4-2-3-13(15(14)16-19-21-22-20-16)11-5-7-12(8-6-11)23-17-9-10-18-23/h2-10H,1H3,(H,19,20,21,22). The summed E-state index contributed by atoms with van der Waals surface area (Å²) in [5.74, 6) is 0.221. The Morgan fingerprint density at radius 1 is 1.00 bits per heavy atom. The zero-order chi connectivity index (χ0) is 18.1. The van der Waals surface area contributed by atoms with E-state index in [0.29, 0.717) is 11.1 Å². The summed E-state index contributed by atoms with van der Waals surface area (Å²) in [7, 11) is -3.48. The van der Waals surface area contributed by atoms with E-state index >= 15 is 0 Å². The molecule has 2 aromatic heterocycles. The molecule has 9 nitrogen and oxygen atoms in total. The van der Waals surface area contributed by atoms with E-state index in [1.54, 1.807) is 18.5 Å². The monoisotopic (exact) mass is 367 g/mol. The van der Waals surface area contributed by atoms with Crippen LogP contribution in [0, 0.1) is 0 Å². The van der Waals surface area contributed by atoms with E-state index in [1.807, 2.05) is 30.3 Å². The fourth-order valence-corrected chi connectivity index (χ4v) is 3.60. The van der Waals surface area contributed by atoms with Crippen LogP contribution in [0.2, 0.25) is 0 Å². The van der Waals surface area contributed by atoms with E-state index in [-0.39, 0.29) is 10.7 Å². The second kappa shape index (κ2) is 6.15. The summed E-state index contributed by atoms with van der Waals surface area (Å²) in [5.41, 5.74) is 2.70. The van der Waals surface area contributed by atoms with Gasteiger partial charge >= 0.3 is 0 Å². The van der Waals surface area contributed by atoms with Crippen molar-refractivity contribution >= 4 is 9.84 Å². The van der Waals surface area contributed by atoms with Crippen LogP contribution in [0.1, 0.15) is 0 Å². The summed E-state index contributed by atoms with van der Waals surface area (Å²) in [6.07, 6.45) is 4.35. The van der Waals surface area contributed by atoms with Gasteiger partial charge in [-0.05, 0) is 34.5 Å². The van der Waals surface area contributed by atoms with Gasteiger partial charge in [-0.2, -0.15) is 20.2 Å². The molecule has 0 aliphatic rings. The third-order valence-corrected chi connectivity index (χ3v) is 4.96. The Kier molecular flexibility index (Phi) is 3.81. The molecular weight excluding hydrogens is 354 g/mol. The molecule has 0 radical (unpaired) electrons. The largest absolute Gasteiger partial charge is 0.224 e. The molecule has 130 valence electrons. The fourth-order valence-electron chi connectivity index (χ4n) is 2.70. The summed E-state index contributed by atoms with van der Waals surface area (Å²) in [6.45, 7) is 0. The fraction of sp³-hybridized carbons (Fsp3) is 0.0625. The lowest BCUT2D eigenvalue weighted by Gasteiger charge is -2.12. The molecule has 2 heterocycles. The number of nitrogens with zero attached hydrogens (tertiary/aromatic N) is 6. The topological polar surface area (TPSA) is 119 Å². The predicted molar refractivity (Wildman–Crippen MR) is 93.1 cm³/mol. The summed E-state index contributed by atoms with van der Waals surface area (Å²) in [4.78, 5) is 1.64. The van der Waals surface area contributed by atoms with E-state index in [2.05, 4.69) is 30.8 Å². The van der Waals surface area contributed by atoms with Gasteiger partial charge < -0.3 is 0 Å². The third-order valence-electron chi connectivity index (χ3n) is 3.82. The van der Waals surface area contributed by atoms with Crippen molar-refractivity contribution in [1.29, 1.82) is 0 Å². The first-order valence-electron chi connectivity index (χ1n) is 7.58. The van der Waals surface area contributed by atoms with Crippen LogP contribution in [0.15, 0.2) is 59.8 Å². The molecule has 0 fully saturated rings. The number of sulfone groups is 1. The van der Waals surface area contributed by atoms with Gasteiger partial charge in [-0.25, -0.2) is 8.42 Å². The first kappa shape index (κ1) is 16.1. The third kappa shape index (κ3) is 2.86.